The molecule has 1 unspecified atom stereocenters. The van der Waals surface area contributed by atoms with Gasteiger partial charge in [0.05, 0.1) is 6.04 Å². The molecule has 0 spiro atoms. The molecular formula is C14H12F3NO. The van der Waals surface area contributed by atoms with E-state index in [1.807, 2.05) is 0 Å². The maximum Gasteiger partial charge on any atom is 0.387 e. The van der Waals surface area contributed by atoms with E-state index in [0.29, 0.717) is 5.56 Å². The summed E-state index contributed by atoms with van der Waals surface area (Å²) in [6, 6.07) is 11.2. The Hall–Kier alpha value is -2.01. The van der Waals surface area contributed by atoms with Gasteiger partial charge in [-0.2, -0.15) is 8.78 Å². The normalized spacial score (nSPS) is 12.5. The minimum absolute atomic E-state index is 0.0479. The van der Waals surface area contributed by atoms with Crippen molar-refractivity contribution in [3.8, 4) is 5.75 Å². The highest BCUT2D eigenvalue weighted by atomic mass is 19.3. The topological polar surface area (TPSA) is 35.2 Å². The first-order valence-corrected chi connectivity index (χ1v) is 5.63. The van der Waals surface area contributed by atoms with Crippen molar-refractivity contribution >= 4 is 0 Å². The lowest BCUT2D eigenvalue weighted by molar-refractivity contribution is -0.0505. The van der Waals surface area contributed by atoms with Gasteiger partial charge in [-0.1, -0.05) is 36.4 Å². The van der Waals surface area contributed by atoms with Crippen LogP contribution >= 0.6 is 0 Å². The Morgan fingerprint density at radius 3 is 2.11 bits per heavy atom. The molecule has 19 heavy (non-hydrogen) atoms. The number of ether oxygens (including phenoxy) is 1. The number of alkyl halides is 2. The van der Waals surface area contributed by atoms with Crippen molar-refractivity contribution in [2.75, 3.05) is 0 Å². The third-order valence-corrected chi connectivity index (χ3v) is 2.71. The summed E-state index contributed by atoms with van der Waals surface area (Å²) in [5, 5.41) is 0. The van der Waals surface area contributed by atoms with Gasteiger partial charge in [-0.25, -0.2) is 4.39 Å². The van der Waals surface area contributed by atoms with Crippen LogP contribution in [0.5, 0.6) is 5.75 Å². The summed E-state index contributed by atoms with van der Waals surface area (Å²) in [6.07, 6.45) is 0. The summed E-state index contributed by atoms with van der Waals surface area (Å²) in [7, 11) is 0. The van der Waals surface area contributed by atoms with Crippen LogP contribution in [0, 0.1) is 5.82 Å². The summed E-state index contributed by atoms with van der Waals surface area (Å²) in [4.78, 5) is 0. The van der Waals surface area contributed by atoms with E-state index in [-0.39, 0.29) is 11.3 Å². The van der Waals surface area contributed by atoms with E-state index >= 15 is 0 Å². The van der Waals surface area contributed by atoms with E-state index in [1.54, 1.807) is 18.2 Å². The molecule has 100 valence electrons. The molecule has 5 heteroatoms. The van der Waals surface area contributed by atoms with Crippen molar-refractivity contribution in [2.24, 2.45) is 5.73 Å². The van der Waals surface area contributed by atoms with E-state index in [9.17, 15) is 13.2 Å². The largest absolute Gasteiger partial charge is 0.434 e. The molecule has 2 nitrogen and oxygen atoms in total. The standard InChI is InChI=1S/C14H12F3NO/c15-11-7-3-1-5-9(11)13(18)10-6-2-4-8-12(10)19-14(16)17/h1-8,13-14H,18H2. The number of hydrogen-bond donors (Lipinski definition) is 1. The van der Waals surface area contributed by atoms with Gasteiger partial charge in [0.1, 0.15) is 11.6 Å². The van der Waals surface area contributed by atoms with E-state index in [0.717, 1.165) is 0 Å². The number of para-hydroxylation sites is 1. The fraction of sp³-hybridized carbons (Fsp3) is 0.143. The third-order valence-electron chi connectivity index (χ3n) is 2.71. The number of nitrogens with two attached hydrogens (primary N) is 1. The molecular weight excluding hydrogens is 255 g/mol. The van der Waals surface area contributed by atoms with Crippen LogP contribution in [0.15, 0.2) is 48.5 Å². The summed E-state index contributed by atoms with van der Waals surface area (Å²) >= 11 is 0. The number of benzene rings is 2. The molecule has 0 fully saturated rings. The van der Waals surface area contributed by atoms with Gasteiger partial charge in [0.25, 0.3) is 0 Å². The Labute approximate surface area is 108 Å². The van der Waals surface area contributed by atoms with Crippen LogP contribution in [0.4, 0.5) is 13.2 Å². The second kappa shape index (κ2) is 5.75. The number of hydrogen-bond acceptors (Lipinski definition) is 2. The summed E-state index contributed by atoms with van der Waals surface area (Å²) in [6.45, 7) is -2.95. The highest BCUT2D eigenvalue weighted by Crippen LogP contribution is 2.30. The van der Waals surface area contributed by atoms with E-state index in [4.69, 9.17) is 5.73 Å². The number of rotatable bonds is 4. The molecule has 0 saturated heterocycles. The van der Waals surface area contributed by atoms with Gasteiger partial charge in [-0.3, -0.25) is 0 Å². The molecule has 0 radical (unpaired) electrons. The fourth-order valence-corrected chi connectivity index (χ4v) is 1.84. The smallest absolute Gasteiger partial charge is 0.387 e. The van der Waals surface area contributed by atoms with E-state index in [1.165, 1.54) is 30.3 Å². The first-order chi connectivity index (χ1) is 9.09. The zero-order valence-electron chi connectivity index (χ0n) is 9.89. The Balaban J connectivity index is 2.39. The van der Waals surface area contributed by atoms with Crippen LogP contribution in [0.2, 0.25) is 0 Å². The van der Waals surface area contributed by atoms with Crippen molar-refractivity contribution in [2.45, 2.75) is 12.7 Å². The van der Waals surface area contributed by atoms with Crippen molar-refractivity contribution in [1.82, 2.24) is 0 Å². The highest BCUT2D eigenvalue weighted by Gasteiger charge is 2.18. The van der Waals surface area contributed by atoms with Crippen molar-refractivity contribution < 1.29 is 17.9 Å². The minimum Gasteiger partial charge on any atom is -0.434 e. The Morgan fingerprint density at radius 1 is 0.895 bits per heavy atom. The lowest BCUT2D eigenvalue weighted by Crippen LogP contribution is -2.16. The molecule has 2 aromatic carbocycles. The molecule has 2 aromatic rings. The molecule has 0 aromatic heterocycles. The molecule has 1 atom stereocenters. The molecule has 0 aliphatic rings. The fourth-order valence-electron chi connectivity index (χ4n) is 1.84. The second-order valence-corrected chi connectivity index (χ2v) is 3.92. The monoisotopic (exact) mass is 267 g/mol. The van der Waals surface area contributed by atoms with Crippen LogP contribution in [-0.4, -0.2) is 6.61 Å². The van der Waals surface area contributed by atoms with Gasteiger partial charge in [0, 0.05) is 11.1 Å². The molecule has 0 bridgehead atoms. The first kappa shape index (κ1) is 13.4. The molecule has 0 heterocycles. The maximum atomic E-state index is 13.7. The Morgan fingerprint density at radius 2 is 1.47 bits per heavy atom. The van der Waals surface area contributed by atoms with Crippen molar-refractivity contribution in [3.63, 3.8) is 0 Å². The van der Waals surface area contributed by atoms with E-state index in [2.05, 4.69) is 4.74 Å². The average molecular weight is 267 g/mol. The second-order valence-electron chi connectivity index (χ2n) is 3.92. The van der Waals surface area contributed by atoms with E-state index < -0.39 is 18.5 Å². The number of halogens is 3. The average Bonchev–Trinajstić information content (AvgIpc) is 2.38. The summed E-state index contributed by atoms with van der Waals surface area (Å²) in [5.74, 6) is -0.532. The maximum absolute atomic E-state index is 13.7. The zero-order chi connectivity index (χ0) is 13.8. The minimum atomic E-state index is -2.95. The molecule has 0 aliphatic carbocycles. The van der Waals surface area contributed by atoms with Gasteiger partial charge >= 0.3 is 6.61 Å². The summed E-state index contributed by atoms with van der Waals surface area (Å²) in [5.41, 5.74) is 6.47. The SMILES string of the molecule is NC(c1ccccc1F)c1ccccc1OC(F)F. The quantitative estimate of drug-likeness (QED) is 0.920. The van der Waals surface area contributed by atoms with Crippen molar-refractivity contribution in [3.05, 3.63) is 65.5 Å². The first-order valence-electron chi connectivity index (χ1n) is 5.63. The van der Waals surface area contributed by atoms with Gasteiger partial charge in [0.15, 0.2) is 0 Å². The van der Waals surface area contributed by atoms with Crippen LogP contribution in [0.25, 0.3) is 0 Å². The van der Waals surface area contributed by atoms with Gasteiger partial charge in [-0.15, -0.1) is 0 Å². The van der Waals surface area contributed by atoms with Crippen LogP contribution in [0.1, 0.15) is 17.2 Å². The van der Waals surface area contributed by atoms with Gasteiger partial charge in [-0.05, 0) is 12.1 Å². The van der Waals surface area contributed by atoms with Crippen LogP contribution in [-0.2, 0) is 0 Å². The summed E-state index contributed by atoms with van der Waals surface area (Å²) < 4.78 is 42.7. The van der Waals surface area contributed by atoms with Crippen molar-refractivity contribution in [1.29, 1.82) is 0 Å². The van der Waals surface area contributed by atoms with Crippen LogP contribution < -0.4 is 10.5 Å². The van der Waals surface area contributed by atoms with Crippen LogP contribution in [0.3, 0.4) is 0 Å². The predicted molar refractivity (Wildman–Crippen MR) is 65.5 cm³/mol. The molecule has 2 N–H and O–H groups in total. The molecule has 2 rings (SSSR count). The molecule has 0 amide bonds. The predicted octanol–water partition coefficient (Wildman–Crippen LogP) is 3.48. The Bertz CT molecular complexity index is 560. The van der Waals surface area contributed by atoms with Gasteiger partial charge in [0.2, 0.25) is 0 Å². The third kappa shape index (κ3) is 3.06. The lowest BCUT2D eigenvalue weighted by atomic mass is 9.98. The zero-order valence-corrected chi connectivity index (χ0v) is 9.89. The Kier molecular flexibility index (Phi) is 4.06. The highest BCUT2D eigenvalue weighted by molar-refractivity contribution is 5.41. The molecule has 0 aliphatic heterocycles. The molecule has 0 saturated carbocycles. The lowest BCUT2D eigenvalue weighted by Gasteiger charge is -2.17. The van der Waals surface area contributed by atoms with Gasteiger partial charge < -0.3 is 10.5 Å².